The number of carbonyl (C=O) groups is 1. The molecule has 0 spiro atoms. The van der Waals surface area contributed by atoms with Crippen LogP contribution >= 0.6 is 0 Å². The molecule has 0 aliphatic heterocycles. The summed E-state index contributed by atoms with van der Waals surface area (Å²) in [4.78, 5) is 11.2. The molecule has 16 heavy (non-hydrogen) atoms. The number of likely N-dealkylation sites (N-methyl/N-ethyl adjacent to an activating group) is 1. The van der Waals surface area contributed by atoms with Gasteiger partial charge < -0.3 is 15.8 Å². The number of nitrogens with one attached hydrogen (secondary N) is 1. The van der Waals surface area contributed by atoms with Gasteiger partial charge in [0.15, 0.2) is 6.10 Å². The number of hydrogen-bond acceptors (Lipinski definition) is 3. The van der Waals surface area contributed by atoms with Gasteiger partial charge in [-0.25, -0.2) is 4.39 Å². The maximum absolute atomic E-state index is 13.1. The van der Waals surface area contributed by atoms with Crippen LogP contribution < -0.4 is 15.8 Å². The second kappa shape index (κ2) is 5.46. The van der Waals surface area contributed by atoms with Crippen LogP contribution in [0.25, 0.3) is 0 Å². The molecule has 1 aromatic rings. The van der Waals surface area contributed by atoms with E-state index in [1.54, 1.807) is 13.0 Å². The highest BCUT2D eigenvalue weighted by molar-refractivity contribution is 5.80. The maximum Gasteiger partial charge on any atom is 0.260 e. The molecule has 4 nitrogen and oxygen atoms in total. The minimum atomic E-state index is -0.669. The van der Waals surface area contributed by atoms with Crippen LogP contribution in [0.3, 0.4) is 0 Å². The molecule has 0 aliphatic rings. The zero-order valence-corrected chi connectivity index (χ0v) is 9.29. The molecular weight excluding hydrogens is 211 g/mol. The van der Waals surface area contributed by atoms with E-state index >= 15 is 0 Å². The molecule has 1 amide bonds. The maximum atomic E-state index is 13.1. The Morgan fingerprint density at radius 3 is 2.81 bits per heavy atom. The molecule has 0 bridgehead atoms. The summed E-state index contributed by atoms with van der Waals surface area (Å²) in [7, 11) is 1.51. The van der Waals surface area contributed by atoms with E-state index in [0.717, 1.165) is 0 Å². The van der Waals surface area contributed by atoms with Gasteiger partial charge in [0, 0.05) is 19.7 Å². The quantitative estimate of drug-likeness (QED) is 0.798. The second-order valence-electron chi connectivity index (χ2n) is 3.37. The van der Waals surface area contributed by atoms with E-state index < -0.39 is 11.9 Å². The summed E-state index contributed by atoms with van der Waals surface area (Å²) < 4.78 is 18.4. The molecule has 0 radical (unpaired) electrons. The first-order chi connectivity index (χ1) is 7.56. The summed E-state index contributed by atoms with van der Waals surface area (Å²) in [5.41, 5.74) is 6.03. The summed E-state index contributed by atoms with van der Waals surface area (Å²) in [5, 5.41) is 2.45. The Hall–Kier alpha value is -1.62. The fourth-order valence-electron chi connectivity index (χ4n) is 1.27. The molecule has 1 rings (SSSR count). The second-order valence-corrected chi connectivity index (χ2v) is 3.37. The summed E-state index contributed by atoms with van der Waals surface area (Å²) >= 11 is 0. The van der Waals surface area contributed by atoms with Crippen molar-refractivity contribution in [2.45, 2.75) is 19.6 Å². The highest BCUT2D eigenvalue weighted by atomic mass is 19.1. The van der Waals surface area contributed by atoms with Gasteiger partial charge in [0.1, 0.15) is 11.6 Å². The van der Waals surface area contributed by atoms with Crippen molar-refractivity contribution in [3.05, 3.63) is 29.6 Å². The van der Waals surface area contributed by atoms with Crippen LogP contribution in [0.15, 0.2) is 18.2 Å². The predicted molar refractivity (Wildman–Crippen MR) is 58.4 cm³/mol. The Kier molecular flexibility index (Phi) is 4.25. The first kappa shape index (κ1) is 12.4. The Morgan fingerprint density at radius 1 is 1.56 bits per heavy atom. The van der Waals surface area contributed by atoms with Crippen LogP contribution in [-0.2, 0) is 11.3 Å². The minimum Gasteiger partial charge on any atom is -0.481 e. The fraction of sp³-hybridized carbons (Fsp3) is 0.364. The molecule has 0 aromatic heterocycles. The standard InChI is InChI=1S/C11H15FN2O2/c1-7(11(15)14-2)16-10-4-8(6-13)3-9(12)5-10/h3-5,7H,6,13H2,1-2H3,(H,14,15). The molecule has 0 heterocycles. The van der Waals surface area contributed by atoms with Crippen molar-refractivity contribution in [1.82, 2.24) is 5.32 Å². The number of hydrogen-bond donors (Lipinski definition) is 2. The van der Waals surface area contributed by atoms with Gasteiger partial charge in [-0.1, -0.05) is 0 Å². The zero-order chi connectivity index (χ0) is 12.1. The molecule has 0 saturated heterocycles. The van der Waals surface area contributed by atoms with Gasteiger partial charge in [-0.05, 0) is 24.6 Å². The van der Waals surface area contributed by atoms with Crippen molar-refractivity contribution in [3.63, 3.8) is 0 Å². The molecule has 0 aliphatic carbocycles. The van der Waals surface area contributed by atoms with Crippen molar-refractivity contribution >= 4 is 5.91 Å². The predicted octanol–water partition coefficient (Wildman–Crippen LogP) is 0.798. The first-order valence-corrected chi connectivity index (χ1v) is 4.94. The molecule has 1 atom stereocenters. The third-order valence-electron chi connectivity index (χ3n) is 2.10. The number of benzene rings is 1. The summed E-state index contributed by atoms with van der Waals surface area (Å²) in [6.45, 7) is 1.81. The molecular formula is C11H15FN2O2. The van der Waals surface area contributed by atoms with E-state index in [1.807, 2.05) is 0 Å². The van der Waals surface area contributed by atoms with Crippen LogP contribution in [-0.4, -0.2) is 19.1 Å². The zero-order valence-electron chi connectivity index (χ0n) is 9.29. The van der Waals surface area contributed by atoms with Gasteiger partial charge >= 0.3 is 0 Å². The van der Waals surface area contributed by atoms with E-state index in [4.69, 9.17) is 10.5 Å². The van der Waals surface area contributed by atoms with E-state index in [2.05, 4.69) is 5.32 Å². The van der Waals surface area contributed by atoms with E-state index in [9.17, 15) is 9.18 Å². The molecule has 1 unspecified atom stereocenters. The lowest BCUT2D eigenvalue weighted by Crippen LogP contribution is -2.33. The number of amides is 1. The third kappa shape index (κ3) is 3.20. The lowest BCUT2D eigenvalue weighted by Gasteiger charge is -2.13. The average molecular weight is 226 g/mol. The van der Waals surface area contributed by atoms with E-state index in [1.165, 1.54) is 19.2 Å². The molecule has 0 saturated carbocycles. The molecule has 3 N–H and O–H groups in total. The smallest absolute Gasteiger partial charge is 0.260 e. The number of carbonyl (C=O) groups excluding carboxylic acids is 1. The average Bonchev–Trinajstić information content (AvgIpc) is 2.26. The van der Waals surface area contributed by atoms with E-state index in [0.29, 0.717) is 11.3 Å². The SMILES string of the molecule is CNC(=O)C(C)Oc1cc(F)cc(CN)c1. The van der Waals surface area contributed by atoms with Crippen molar-refractivity contribution in [1.29, 1.82) is 0 Å². The van der Waals surface area contributed by atoms with Crippen molar-refractivity contribution in [2.75, 3.05) is 7.05 Å². The largest absolute Gasteiger partial charge is 0.481 e. The molecule has 0 fully saturated rings. The molecule has 5 heteroatoms. The summed E-state index contributed by atoms with van der Waals surface area (Å²) in [6, 6.07) is 4.17. The Bertz CT molecular complexity index is 382. The fourth-order valence-corrected chi connectivity index (χ4v) is 1.27. The highest BCUT2D eigenvalue weighted by Crippen LogP contribution is 2.17. The number of rotatable bonds is 4. The van der Waals surface area contributed by atoms with Crippen LogP contribution in [0.5, 0.6) is 5.75 Å². The van der Waals surface area contributed by atoms with Gasteiger partial charge in [-0.3, -0.25) is 4.79 Å². The van der Waals surface area contributed by atoms with Crippen LogP contribution in [0.1, 0.15) is 12.5 Å². The van der Waals surface area contributed by atoms with E-state index in [-0.39, 0.29) is 12.5 Å². The monoisotopic (exact) mass is 226 g/mol. The van der Waals surface area contributed by atoms with Gasteiger partial charge in [-0.15, -0.1) is 0 Å². The first-order valence-electron chi connectivity index (χ1n) is 4.94. The van der Waals surface area contributed by atoms with Gasteiger partial charge in [0.25, 0.3) is 5.91 Å². The Morgan fingerprint density at radius 2 is 2.25 bits per heavy atom. The topological polar surface area (TPSA) is 64.3 Å². The van der Waals surface area contributed by atoms with Gasteiger partial charge in [0.2, 0.25) is 0 Å². The number of nitrogens with two attached hydrogens (primary N) is 1. The number of halogens is 1. The van der Waals surface area contributed by atoms with Crippen LogP contribution in [0, 0.1) is 5.82 Å². The van der Waals surface area contributed by atoms with Crippen molar-refractivity contribution < 1.29 is 13.9 Å². The van der Waals surface area contributed by atoms with Gasteiger partial charge in [0.05, 0.1) is 0 Å². The summed E-state index contributed by atoms with van der Waals surface area (Å²) in [6.07, 6.45) is -0.669. The van der Waals surface area contributed by atoms with Crippen molar-refractivity contribution in [2.24, 2.45) is 5.73 Å². The van der Waals surface area contributed by atoms with Crippen molar-refractivity contribution in [3.8, 4) is 5.75 Å². The lowest BCUT2D eigenvalue weighted by atomic mass is 10.2. The Balaban J connectivity index is 2.80. The highest BCUT2D eigenvalue weighted by Gasteiger charge is 2.13. The molecule has 88 valence electrons. The normalized spacial score (nSPS) is 12.0. The van der Waals surface area contributed by atoms with Gasteiger partial charge in [-0.2, -0.15) is 0 Å². The lowest BCUT2D eigenvalue weighted by molar-refractivity contribution is -0.126. The minimum absolute atomic E-state index is 0.225. The molecule has 1 aromatic carbocycles. The Labute approximate surface area is 93.6 Å². The van der Waals surface area contributed by atoms with Crippen LogP contribution in [0.4, 0.5) is 4.39 Å². The van der Waals surface area contributed by atoms with Crippen LogP contribution in [0.2, 0.25) is 0 Å². The third-order valence-corrected chi connectivity index (χ3v) is 2.10. The number of ether oxygens (including phenoxy) is 1. The summed E-state index contributed by atoms with van der Waals surface area (Å²) in [5.74, 6) is -0.392.